The van der Waals surface area contributed by atoms with E-state index in [0.29, 0.717) is 12.6 Å². The van der Waals surface area contributed by atoms with Crippen LogP contribution in [0, 0.1) is 5.82 Å². The number of hydrogen-bond acceptors (Lipinski definition) is 4. The van der Waals surface area contributed by atoms with E-state index in [2.05, 4.69) is 22.5 Å². The lowest BCUT2D eigenvalue weighted by Crippen LogP contribution is -2.53. The van der Waals surface area contributed by atoms with Gasteiger partial charge in [0, 0.05) is 30.6 Å². The van der Waals surface area contributed by atoms with E-state index >= 15 is 0 Å². The van der Waals surface area contributed by atoms with Gasteiger partial charge in [-0.1, -0.05) is 18.2 Å². The molecule has 1 aliphatic heterocycles. The van der Waals surface area contributed by atoms with Crippen LogP contribution in [-0.4, -0.2) is 43.0 Å². The van der Waals surface area contributed by atoms with Crippen LogP contribution in [0.25, 0.3) is 0 Å². The zero-order chi connectivity index (χ0) is 16.9. The summed E-state index contributed by atoms with van der Waals surface area (Å²) in [4.78, 5) is 15.8. The van der Waals surface area contributed by atoms with Crippen LogP contribution in [0.15, 0.2) is 41.8 Å². The minimum absolute atomic E-state index is 0. The highest BCUT2D eigenvalue weighted by atomic mass is 35.5. The Morgan fingerprint density at radius 3 is 2.80 bits per heavy atom. The minimum Gasteiger partial charge on any atom is -0.343 e. The number of carbonyl (C=O) groups is 1. The minimum atomic E-state index is -0.273. The predicted molar refractivity (Wildman–Crippen MR) is 102 cm³/mol. The third-order valence-corrected chi connectivity index (χ3v) is 5.26. The van der Waals surface area contributed by atoms with E-state index in [9.17, 15) is 9.18 Å². The van der Waals surface area contributed by atoms with Crippen LogP contribution in [0.1, 0.15) is 23.4 Å². The van der Waals surface area contributed by atoms with Gasteiger partial charge in [0.1, 0.15) is 5.82 Å². The number of halogens is 2. The second-order valence-corrected chi connectivity index (χ2v) is 7.07. The first-order chi connectivity index (χ1) is 11.6. The fourth-order valence-corrected chi connectivity index (χ4v) is 3.74. The van der Waals surface area contributed by atoms with Crippen molar-refractivity contribution in [1.82, 2.24) is 15.5 Å². The molecule has 0 radical (unpaired) electrons. The van der Waals surface area contributed by atoms with Gasteiger partial charge in [0.05, 0.1) is 12.6 Å². The van der Waals surface area contributed by atoms with Crippen LogP contribution in [0.5, 0.6) is 0 Å². The number of nitrogens with zero attached hydrogens (tertiary/aromatic N) is 1. The Morgan fingerprint density at radius 1 is 1.40 bits per heavy atom. The Labute approximate surface area is 157 Å². The topological polar surface area (TPSA) is 44.4 Å². The van der Waals surface area contributed by atoms with E-state index in [1.807, 2.05) is 17.5 Å². The number of hydrogen-bond donors (Lipinski definition) is 2. The molecule has 1 aromatic heterocycles. The average molecular weight is 384 g/mol. The van der Waals surface area contributed by atoms with E-state index in [-0.39, 0.29) is 30.2 Å². The summed E-state index contributed by atoms with van der Waals surface area (Å²) in [5, 5.41) is 8.42. The molecule has 3 rings (SSSR count). The molecule has 1 amide bonds. The second kappa shape index (κ2) is 9.29. The van der Waals surface area contributed by atoms with Crippen molar-refractivity contribution < 1.29 is 9.18 Å². The standard InChI is InChI=1S/C18H22FN3OS.ClH/c1-13-11-20-8-9-22(13)12-17(23)21-18(16-3-2-10-24-16)14-4-6-15(19)7-5-14;/h2-7,10,13,18,20H,8-9,11-12H2,1H3,(H,21,23);1H/t13-,18?;/m0./s1. The number of nitrogens with one attached hydrogen (secondary N) is 2. The fraction of sp³-hybridized carbons (Fsp3) is 0.389. The molecule has 1 aromatic carbocycles. The highest BCUT2D eigenvalue weighted by Gasteiger charge is 2.23. The van der Waals surface area contributed by atoms with Gasteiger partial charge in [-0.15, -0.1) is 23.7 Å². The van der Waals surface area contributed by atoms with Gasteiger partial charge in [0.25, 0.3) is 0 Å². The molecule has 0 aliphatic carbocycles. The van der Waals surface area contributed by atoms with E-state index in [0.717, 1.165) is 30.1 Å². The van der Waals surface area contributed by atoms with Gasteiger partial charge < -0.3 is 10.6 Å². The lowest BCUT2D eigenvalue weighted by molar-refractivity contribution is -0.123. The molecule has 2 heterocycles. The molecular formula is C18H23ClFN3OS. The lowest BCUT2D eigenvalue weighted by Gasteiger charge is -2.33. The van der Waals surface area contributed by atoms with Gasteiger partial charge in [0.2, 0.25) is 5.91 Å². The molecule has 0 saturated carbocycles. The quantitative estimate of drug-likeness (QED) is 0.834. The van der Waals surface area contributed by atoms with Gasteiger partial charge >= 0.3 is 0 Å². The molecule has 4 nitrogen and oxygen atoms in total. The van der Waals surface area contributed by atoms with Crippen molar-refractivity contribution in [1.29, 1.82) is 0 Å². The summed E-state index contributed by atoms with van der Waals surface area (Å²) in [6.07, 6.45) is 0. The van der Waals surface area contributed by atoms with E-state index in [4.69, 9.17) is 0 Å². The van der Waals surface area contributed by atoms with Crippen LogP contribution in [0.2, 0.25) is 0 Å². The van der Waals surface area contributed by atoms with Crippen molar-refractivity contribution in [2.45, 2.75) is 19.0 Å². The van der Waals surface area contributed by atoms with Crippen LogP contribution in [-0.2, 0) is 4.79 Å². The molecule has 7 heteroatoms. The maximum absolute atomic E-state index is 13.2. The Morgan fingerprint density at radius 2 is 2.16 bits per heavy atom. The van der Waals surface area contributed by atoms with Crippen molar-refractivity contribution in [2.24, 2.45) is 0 Å². The summed E-state index contributed by atoms with van der Waals surface area (Å²) < 4.78 is 13.2. The van der Waals surface area contributed by atoms with E-state index in [1.165, 1.54) is 12.1 Å². The van der Waals surface area contributed by atoms with Crippen molar-refractivity contribution in [3.63, 3.8) is 0 Å². The molecule has 2 aromatic rings. The van der Waals surface area contributed by atoms with Crippen molar-refractivity contribution in [3.8, 4) is 0 Å². The third kappa shape index (κ3) is 5.25. The summed E-state index contributed by atoms with van der Waals surface area (Å²) in [6, 6.07) is 10.4. The van der Waals surface area contributed by atoms with Gasteiger partial charge in [-0.2, -0.15) is 0 Å². The normalized spacial score (nSPS) is 19.0. The summed E-state index contributed by atoms with van der Waals surface area (Å²) >= 11 is 1.59. The Kier molecular flexibility index (Phi) is 7.38. The monoisotopic (exact) mass is 383 g/mol. The van der Waals surface area contributed by atoms with Crippen molar-refractivity contribution in [3.05, 3.63) is 58.0 Å². The summed E-state index contributed by atoms with van der Waals surface area (Å²) in [7, 11) is 0. The molecule has 136 valence electrons. The Hall–Kier alpha value is -1.47. The largest absolute Gasteiger partial charge is 0.343 e. The smallest absolute Gasteiger partial charge is 0.234 e. The molecule has 1 unspecified atom stereocenters. The molecule has 1 saturated heterocycles. The number of thiophene rings is 1. The van der Waals surface area contributed by atoms with Crippen LogP contribution in [0.4, 0.5) is 4.39 Å². The average Bonchev–Trinajstić information content (AvgIpc) is 3.10. The molecule has 0 bridgehead atoms. The van der Waals surface area contributed by atoms with Crippen LogP contribution >= 0.6 is 23.7 Å². The van der Waals surface area contributed by atoms with Gasteiger partial charge in [-0.05, 0) is 36.1 Å². The highest BCUT2D eigenvalue weighted by molar-refractivity contribution is 7.10. The van der Waals surface area contributed by atoms with Crippen LogP contribution in [0.3, 0.4) is 0 Å². The number of benzene rings is 1. The first kappa shape index (κ1) is 19.8. The SMILES string of the molecule is C[C@H]1CNCCN1CC(=O)NC(c1ccc(F)cc1)c1cccs1.Cl. The molecule has 25 heavy (non-hydrogen) atoms. The van der Waals surface area contributed by atoms with Crippen molar-refractivity contribution in [2.75, 3.05) is 26.2 Å². The zero-order valence-electron chi connectivity index (χ0n) is 14.1. The Balaban J connectivity index is 0.00000225. The summed E-state index contributed by atoms with van der Waals surface area (Å²) in [5.74, 6) is -0.281. The maximum Gasteiger partial charge on any atom is 0.234 e. The van der Waals surface area contributed by atoms with E-state index in [1.54, 1.807) is 23.5 Å². The van der Waals surface area contributed by atoms with E-state index < -0.39 is 0 Å². The van der Waals surface area contributed by atoms with Gasteiger partial charge in [-0.25, -0.2) is 4.39 Å². The molecule has 1 aliphatic rings. The molecule has 1 fully saturated rings. The summed E-state index contributed by atoms with van der Waals surface area (Å²) in [5.41, 5.74) is 0.889. The molecule has 2 N–H and O–H groups in total. The number of piperazine rings is 1. The lowest BCUT2D eigenvalue weighted by atomic mass is 10.1. The Bertz CT molecular complexity index is 665. The van der Waals surface area contributed by atoms with Gasteiger partial charge in [0.15, 0.2) is 0 Å². The summed E-state index contributed by atoms with van der Waals surface area (Å²) in [6.45, 7) is 5.18. The predicted octanol–water partition coefficient (Wildman–Crippen LogP) is 2.81. The molecule has 0 spiro atoms. The number of carbonyl (C=O) groups excluding carboxylic acids is 1. The fourth-order valence-electron chi connectivity index (χ4n) is 2.94. The number of amides is 1. The first-order valence-corrected chi connectivity index (χ1v) is 9.04. The van der Waals surface area contributed by atoms with Crippen molar-refractivity contribution >= 4 is 29.7 Å². The molecule has 2 atom stereocenters. The first-order valence-electron chi connectivity index (χ1n) is 8.16. The zero-order valence-corrected chi connectivity index (χ0v) is 15.7. The van der Waals surface area contributed by atoms with Crippen LogP contribution < -0.4 is 10.6 Å². The third-order valence-electron chi connectivity index (χ3n) is 4.32. The number of rotatable bonds is 5. The maximum atomic E-state index is 13.2. The second-order valence-electron chi connectivity index (χ2n) is 6.09. The molecular weight excluding hydrogens is 361 g/mol. The van der Waals surface area contributed by atoms with Gasteiger partial charge in [-0.3, -0.25) is 9.69 Å². The highest BCUT2D eigenvalue weighted by Crippen LogP contribution is 2.26.